The lowest BCUT2D eigenvalue weighted by atomic mass is 10.1. The van der Waals surface area contributed by atoms with E-state index >= 15 is 0 Å². The van der Waals surface area contributed by atoms with E-state index in [-0.39, 0.29) is 18.3 Å². The third-order valence-corrected chi connectivity index (χ3v) is 4.00. The van der Waals surface area contributed by atoms with Crippen molar-refractivity contribution in [3.8, 4) is 5.75 Å². The number of fused-ring (bicyclic) bond motifs is 1. The summed E-state index contributed by atoms with van der Waals surface area (Å²) in [6.45, 7) is 2.92. The quantitative estimate of drug-likeness (QED) is 0.783. The van der Waals surface area contributed by atoms with Crippen LogP contribution in [0.2, 0.25) is 0 Å². The van der Waals surface area contributed by atoms with Crippen molar-refractivity contribution in [2.45, 2.75) is 12.8 Å². The van der Waals surface area contributed by atoms with Gasteiger partial charge in [-0.05, 0) is 43.6 Å². The van der Waals surface area contributed by atoms with Crippen LogP contribution in [0.4, 0.5) is 0 Å². The highest BCUT2D eigenvalue weighted by Gasteiger charge is 2.24. The van der Waals surface area contributed by atoms with Gasteiger partial charge in [-0.3, -0.25) is 4.79 Å². The predicted molar refractivity (Wildman–Crippen MR) is 97.9 cm³/mol. The van der Waals surface area contributed by atoms with Crippen molar-refractivity contribution in [3.05, 3.63) is 65.7 Å². The summed E-state index contributed by atoms with van der Waals surface area (Å²) in [5, 5.41) is 3.43. The molecule has 128 valence electrons. The second-order valence-corrected chi connectivity index (χ2v) is 5.68. The van der Waals surface area contributed by atoms with Gasteiger partial charge >= 0.3 is 0 Å². The Balaban J connectivity index is 0.00000208. The summed E-state index contributed by atoms with van der Waals surface area (Å²) >= 11 is 0. The van der Waals surface area contributed by atoms with Crippen LogP contribution in [-0.2, 0) is 6.42 Å². The zero-order valence-electron chi connectivity index (χ0n) is 13.6. The molecule has 3 rings (SSSR count). The number of halogens is 1. The Hall–Kier alpha value is -2.04. The molecule has 1 aliphatic rings. The number of carbonyl (C=O) groups excluding carboxylic acids is 1. The third-order valence-electron chi connectivity index (χ3n) is 4.00. The number of hydrogen-bond donors (Lipinski definition) is 1. The molecule has 0 unspecified atom stereocenters. The topological polar surface area (TPSA) is 41.6 Å². The van der Waals surface area contributed by atoms with Crippen LogP contribution in [0.25, 0.3) is 0 Å². The Bertz CT molecular complexity index is 649. The average Bonchev–Trinajstić information content (AvgIpc) is 2.61. The molecular weight excluding hydrogens is 324 g/mol. The fourth-order valence-electron chi connectivity index (χ4n) is 2.71. The minimum absolute atomic E-state index is 0. The van der Waals surface area contributed by atoms with Crippen molar-refractivity contribution in [1.82, 2.24) is 10.2 Å². The van der Waals surface area contributed by atoms with Crippen LogP contribution in [0.5, 0.6) is 5.75 Å². The molecule has 0 spiro atoms. The van der Waals surface area contributed by atoms with Gasteiger partial charge in [-0.25, -0.2) is 0 Å². The Labute approximate surface area is 149 Å². The Morgan fingerprint density at radius 2 is 1.75 bits per heavy atom. The van der Waals surface area contributed by atoms with E-state index < -0.39 is 0 Å². The molecule has 1 amide bonds. The molecule has 2 aromatic carbocycles. The standard InChI is InChI=1S/C19H22N2O2.ClH/c22-19-17-9-4-5-10-18(17)23-15-21(19)14-6-12-20-13-11-16-7-2-1-3-8-16;/h1-5,7-10,20H,6,11-15H2;1H. The highest BCUT2D eigenvalue weighted by molar-refractivity contribution is 5.97. The van der Waals surface area contributed by atoms with Crippen LogP contribution >= 0.6 is 12.4 Å². The van der Waals surface area contributed by atoms with Gasteiger partial charge in [0.05, 0.1) is 5.56 Å². The number of ether oxygens (including phenoxy) is 1. The van der Waals surface area contributed by atoms with Crippen molar-refractivity contribution in [2.24, 2.45) is 0 Å². The molecule has 0 bridgehead atoms. The molecule has 0 aliphatic carbocycles. The molecule has 0 atom stereocenters. The maximum absolute atomic E-state index is 12.3. The van der Waals surface area contributed by atoms with Gasteiger partial charge in [0.25, 0.3) is 5.91 Å². The predicted octanol–water partition coefficient (Wildman–Crippen LogP) is 3.12. The summed E-state index contributed by atoms with van der Waals surface area (Å²) < 4.78 is 5.63. The minimum Gasteiger partial charge on any atom is -0.472 e. The zero-order chi connectivity index (χ0) is 15.9. The Morgan fingerprint density at radius 1 is 1.00 bits per heavy atom. The van der Waals surface area contributed by atoms with Crippen LogP contribution in [0.1, 0.15) is 22.3 Å². The summed E-state index contributed by atoms with van der Waals surface area (Å²) in [6.07, 6.45) is 1.95. The van der Waals surface area contributed by atoms with Gasteiger partial charge in [0.15, 0.2) is 6.73 Å². The van der Waals surface area contributed by atoms with Crippen LogP contribution in [0, 0.1) is 0 Å². The molecule has 1 heterocycles. The van der Waals surface area contributed by atoms with E-state index in [4.69, 9.17) is 4.74 Å². The van der Waals surface area contributed by atoms with Crippen LogP contribution < -0.4 is 10.1 Å². The van der Waals surface area contributed by atoms with Crippen molar-refractivity contribution < 1.29 is 9.53 Å². The molecule has 1 aliphatic heterocycles. The minimum atomic E-state index is 0. The molecule has 24 heavy (non-hydrogen) atoms. The van der Waals surface area contributed by atoms with E-state index in [9.17, 15) is 4.79 Å². The van der Waals surface area contributed by atoms with Gasteiger partial charge in [-0.1, -0.05) is 42.5 Å². The summed E-state index contributed by atoms with van der Waals surface area (Å²) in [5.41, 5.74) is 2.01. The van der Waals surface area contributed by atoms with Crippen molar-refractivity contribution >= 4 is 18.3 Å². The third kappa shape index (κ3) is 4.73. The van der Waals surface area contributed by atoms with Gasteiger partial charge in [0.2, 0.25) is 0 Å². The highest BCUT2D eigenvalue weighted by Crippen LogP contribution is 2.24. The summed E-state index contributed by atoms with van der Waals surface area (Å²) in [5.74, 6) is 0.755. The molecule has 0 fully saturated rings. The van der Waals surface area contributed by atoms with E-state index in [0.29, 0.717) is 24.6 Å². The van der Waals surface area contributed by atoms with Crippen LogP contribution in [0.3, 0.4) is 0 Å². The largest absolute Gasteiger partial charge is 0.472 e. The number of carbonyl (C=O) groups is 1. The normalized spacial score (nSPS) is 13.0. The number of hydrogen-bond acceptors (Lipinski definition) is 3. The molecular formula is C19H23ClN2O2. The second-order valence-electron chi connectivity index (χ2n) is 5.68. The van der Waals surface area contributed by atoms with Crippen molar-refractivity contribution in [3.63, 3.8) is 0 Å². The molecule has 5 heteroatoms. The van der Waals surface area contributed by atoms with Gasteiger partial charge in [-0.2, -0.15) is 0 Å². The number of amides is 1. The summed E-state index contributed by atoms with van der Waals surface area (Å²) in [7, 11) is 0. The highest BCUT2D eigenvalue weighted by atomic mass is 35.5. The van der Waals surface area contributed by atoms with E-state index in [2.05, 4.69) is 29.6 Å². The van der Waals surface area contributed by atoms with E-state index in [1.54, 1.807) is 4.90 Å². The summed E-state index contributed by atoms with van der Waals surface area (Å²) in [6, 6.07) is 17.9. The van der Waals surface area contributed by atoms with Gasteiger partial charge in [-0.15, -0.1) is 12.4 Å². The van der Waals surface area contributed by atoms with Crippen LogP contribution in [-0.4, -0.2) is 37.2 Å². The second kappa shape index (κ2) is 9.30. The fraction of sp³-hybridized carbons (Fsp3) is 0.316. The molecule has 0 saturated heterocycles. The SMILES string of the molecule is Cl.O=C1c2ccccc2OCN1CCCNCCc1ccccc1. The molecule has 4 nitrogen and oxygen atoms in total. The van der Waals surface area contributed by atoms with Gasteiger partial charge in [0, 0.05) is 6.54 Å². The lowest BCUT2D eigenvalue weighted by Crippen LogP contribution is -2.40. The first-order valence-electron chi connectivity index (χ1n) is 8.10. The Morgan fingerprint density at radius 3 is 2.58 bits per heavy atom. The smallest absolute Gasteiger partial charge is 0.260 e. The molecule has 0 aromatic heterocycles. The molecule has 0 radical (unpaired) electrons. The first kappa shape index (κ1) is 18.3. The number of rotatable bonds is 7. The first-order valence-corrected chi connectivity index (χ1v) is 8.10. The fourth-order valence-corrected chi connectivity index (χ4v) is 2.71. The molecule has 2 aromatic rings. The maximum Gasteiger partial charge on any atom is 0.260 e. The zero-order valence-corrected chi connectivity index (χ0v) is 14.4. The van der Waals surface area contributed by atoms with Crippen LogP contribution in [0.15, 0.2) is 54.6 Å². The summed E-state index contributed by atoms with van der Waals surface area (Å²) in [4.78, 5) is 14.1. The number of nitrogens with one attached hydrogen (secondary N) is 1. The van der Waals surface area contributed by atoms with E-state index in [0.717, 1.165) is 25.9 Å². The van der Waals surface area contributed by atoms with E-state index in [1.807, 2.05) is 30.3 Å². The van der Waals surface area contributed by atoms with Gasteiger partial charge in [0.1, 0.15) is 5.75 Å². The number of nitrogens with zero attached hydrogens (tertiary/aromatic N) is 1. The lowest BCUT2D eigenvalue weighted by molar-refractivity contribution is 0.0519. The monoisotopic (exact) mass is 346 g/mol. The first-order chi connectivity index (χ1) is 11.3. The van der Waals surface area contributed by atoms with Crippen molar-refractivity contribution in [1.29, 1.82) is 0 Å². The number of benzene rings is 2. The number of para-hydroxylation sites is 1. The maximum atomic E-state index is 12.3. The van der Waals surface area contributed by atoms with Gasteiger partial charge < -0.3 is 15.0 Å². The van der Waals surface area contributed by atoms with Crippen molar-refractivity contribution in [2.75, 3.05) is 26.4 Å². The lowest BCUT2D eigenvalue weighted by Gasteiger charge is -2.28. The average molecular weight is 347 g/mol. The van der Waals surface area contributed by atoms with E-state index in [1.165, 1.54) is 5.56 Å². The molecule has 0 saturated carbocycles. The molecule has 1 N–H and O–H groups in total. The Kier molecular flexibility index (Phi) is 7.09.